The molecular formula is C14H28O5. The highest BCUT2D eigenvalue weighted by Crippen LogP contribution is 2.21. The molecule has 5 nitrogen and oxygen atoms in total. The van der Waals surface area contributed by atoms with Gasteiger partial charge in [0.25, 0.3) is 0 Å². The molecule has 0 aromatic rings. The Morgan fingerprint density at radius 3 is 1.68 bits per heavy atom. The lowest BCUT2D eigenvalue weighted by Gasteiger charge is -2.22. The van der Waals surface area contributed by atoms with Crippen LogP contribution in [0, 0.1) is 10.8 Å². The number of carboxylic acid groups (broad SMARTS) is 1. The first-order valence-corrected chi connectivity index (χ1v) is 6.62. The number of hydrogen-bond acceptors (Lipinski definition) is 4. The van der Waals surface area contributed by atoms with Crippen LogP contribution in [-0.4, -0.2) is 35.4 Å². The van der Waals surface area contributed by atoms with Gasteiger partial charge >= 0.3 is 11.9 Å². The molecule has 0 heterocycles. The molecule has 0 aromatic heterocycles. The lowest BCUT2D eigenvalue weighted by atomic mass is 9.89. The van der Waals surface area contributed by atoms with Crippen molar-refractivity contribution in [1.29, 1.82) is 0 Å². The fourth-order valence-corrected chi connectivity index (χ4v) is 0.777. The van der Waals surface area contributed by atoms with Crippen molar-refractivity contribution < 1.29 is 24.5 Å². The molecule has 1 unspecified atom stereocenters. The number of aliphatic hydroxyl groups excluding tert-OH is 1. The van der Waals surface area contributed by atoms with Crippen LogP contribution in [0.1, 0.15) is 54.4 Å². The summed E-state index contributed by atoms with van der Waals surface area (Å²) in [6.45, 7) is 10.8. The minimum atomic E-state index is -0.722. The number of carbonyl (C=O) groups excluding carboxylic acids is 1. The molecule has 0 spiro atoms. The van der Waals surface area contributed by atoms with Crippen molar-refractivity contribution in [2.75, 3.05) is 13.2 Å². The van der Waals surface area contributed by atoms with Gasteiger partial charge in [-0.15, -0.1) is 0 Å². The fraction of sp³-hybridized carbons (Fsp3) is 0.857. The first-order chi connectivity index (χ1) is 8.61. The molecule has 0 aromatic carbocycles. The molecule has 0 aliphatic heterocycles. The maximum Gasteiger partial charge on any atom is 0.314 e. The molecule has 1 atom stereocenters. The van der Waals surface area contributed by atoms with Gasteiger partial charge in [0.05, 0.1) is 24.0 Å². The van der Waals surface area contributed by atoms with Crippen LogP contribution in [0.4, 0.5) is 0 Å². The molecular weight excluding hydrogens is 248 g/mol. The zero-order valence-electron chi connectivity index (χ0n) is 12.9. The van der Waals surface area contributed by atoms with Crippen molar-refractivity contribution >= 4 is 11.9 Å². The van der Waals surface area contributed by atoms with E-state index in [0.717, 1.165) is 0 Å². The number of carbonyl (C=O) groups is 2. The molecule has 114 valence electrons. The average Bonchev–Trinajstić information content (AvgIpc) is 2.38. The number of carboxylic acids is 1. The van der Waals surface area contributed by atoms with E-state index in [1.807, 2.05) is 13.8 Å². The summed E-state index contributed by atoms with van der Waals surface area (Å²) in [5.74, 6) is -1.04. The monoisotopic (exact) mass is 276 g/mol. The minimum absolute atomic E-state index is 0.150. The Hall–Kier alpha value is -1.10. The van der Waals surface area contributed by atoms with E-state index in [1.165, 1.54) is 0 Å². The van der Waals surface area contributed by atoms with Gasteiger partial charge in [0, 0.05) is 0 Å². The molecule has 0 fully saturated rings. The Kier molecular flexibility index (Phi) is 9.48. The maximum absolute atomic E-state index is 11.1. The third-order valence-corrected chi connectivity index (χ3v) is 3.36. The summed E-state index contributed by atoms with van der Waals surface area (Å²) in [6.07, 6.45) is 1.28. The Morgan fingerprint density at radius 2 is 1.53 bits per heavy atom. The molecule has 0 amide bonds. The zero-order chi connectivity index (χ0) is 15.7. The lowest BCUT2D eigenvalue weighted by Crippen LogP contribution is -2.32. The minimum Gasteiger partial charge on any atom is -0.481 e. The largest absolute Gasteiger partial charge is 0.481 e. The van der Waals surface area contributed by atoms with Gasteiger partial charge in [0.1, 0.15) is 0 Å². The quantitative estimate of drug-likeness (QED) is 0.728. The van der Waals surface area contributed by atoms with E-state index in [9.17, 15) is 9.59 Å². The SMILES string of the molecule is CCC(C)(C)C(=O)O.CCOC(=O)C(C)(CC)CO. The van der Waals surface area contributed by atoms with Gasteiger partial charge in [-0.25, -0.2) is 0 Å². The third kappa shape index (κ3) is 7.15. The second kappa shape index (κ2) is 8.91. The molecule has 19 heavy (non-hydrogen) atoms. The normalized spacial score (nSPS) is 13.8. The summed E-state index contributed by atoms with van der Waals surface area (Å²) in [5.41, 5.74) is -1.25. The Morgan fingerprint density at radius 1 is 1.05 bits per heavy atom. The van der Waals surface area contributed by atoms with Crippen LogP contribution in [0.15, 0.2) is 0 Å². The van der Waals surface area contributed by atoms with Gasteiger partial charge in [-0.05, 0) is 40.5 Å². The lowest BCUT2D eigenvalue weighted by molar-refractivity contribution is -0.157. The topological polar surface area (TPSA) is 83.8 Å². The molecule has 2 N–H and O–H groups in total. The van der Waals surface area contributed by atoms with Gasteiger partial charge < -0.3 is 14.9 Å². The van der Waals surface area contributed by atoms with Crippen LogP contribution < -0.4 is 0 Å². The van der Waals surface area contributed by atoms with E-state index in [1.54, 1.807) is 27.7 Å². The first-order valence-electron chi connectivity index (χ1n) is 6.62. The summed E-state index contributed by atoms with van der Waals surface area (Å²) in [4.78, 5) is 21.4. The van der Waals surface area contributed by atoms with Crippen molar-refractivity contribution in [3.63, 3.8) is 0 Å². The molecule has 0 saturated carbocycles. The number of ether oxygens (including phenoxy) is 1. The van der Waals surface area contributed by atoms with E-state index >= 15 is 0 Å². The van der Waals surface area contributed by atoms with Gasteiger partial charge in [-0.2, -0.15) is 0 Å². The Labute approximate surface area is 116 Å². The predicted octanol–water partition coefficient (Wildman–Crippen LogP) is 2.47. The van der Waals surface area contributed by atoms with Crippen molar-refractivity contribution in [3.8, 4) is 0 Å². The van der Waals surface area contributed by atoms with Crippen LogP contribution >= 0.6 is 0 Å². The number of aliphatic hydroxyl groups is 1. The van der Waals surface area contributed by atoms with E-state index in [2.05, 4.69) is 0 Å². The van der Waals surface area contributed by atoms with Crippen molar-refractivity contribution in [1.82, 2.24) is 0 Å². The molecule has 0 bridgehead atoms. The zero-order valence-corrected chi connectivity index (χ0v) is 12.9. The Bertz CT molecular complexity index is 280. The van der Waals surface area contributed by atoms with Gasteiger partial charge in [-0.1, -0.05) is 13.8 Å². The molecule has 0 saturated heterocycles. The van der Waals surface area contributed by atoms with Crippen LogP contribution in [0.25, 0.3) is 0 Å². The van der Waals surface area contributed by atoms with E-state index in [0.29, 0.717) is 19.4 Å². The highest BCUT2D eigenvalue weighted by molar-refractivity contribution is 5.76. The van der Waals surface area contributed by atoms with E-state index < -0.39 is 16.8 Å². The summed E-state index contributed by atoms with van der Waals surface area (Å²) in [5, 5.41) is 17.3. The fourth-order valence-electron chi connectivity index (χ4n) is 0.777. The van der Waals surface area contributed by atoms with Crippen molar-refractivity contribution in [2.24, 2.45) is 10.8 Å². The second-order valence-corrected chi connectivity index (χ2v) is 5.34. The smallest absolute Gasteiger partial charge is 0.314 e. The van der Waals surface area contributed by atoms with Crippen LogP contribution in [0.5, 0.6) is 0 Å². The number of hydrogen-bond donors (Lipinski definition) is 2. The first kappa shape index (κ1) is 20.2. The second-order valence-electron chi connectivity index (χ2n) is 5.34. The van der Waals surface area contributed by atoms with Crippen molar-refractivity contribution in [2.45, 2.75) is 54.4 Å². The third-order valence-electron chi connectivity index (χ3n) is 3.36. The molecule has 0 rings (SSSR count). The van der Waals surface area contributed by atoms with E-state index in [-0.39, 0.29) is 12.6 Å². The van der Waals surface area contributed by atoms with Gasteiger partial charge in [0.2, 0.25) is 0 Å². The maximum atomic E-state index is 11.1. The summed E-state index contributed by atoms with van der Waals surface area (Å²) < 4.78 is 4.79. The van der Waals surface area contributed by atoms with Gasteiger partial charge in [0.15, 0.2) is 0 Å². The van der Waals surface area contributed by atoms with Crippen LogP contribution in [-0.2, 0) is 14.3 Å². The summed E-state index contributed by atoms with van der Waals surface area (Å²) in [6, 6.07) is 0. The van der Waals surface area contributed by atoms with Crippen LogP contribution in [0.2, 0.25) is 0 Å². The van der Waals surface area contributed by atoms with E-state index in [4.69, 9.17) is 14.9 Å². The predicted molar refractivity (Wildman–Crippen MR) is 73.8 cm³/mol. The number of aliphatic carboxylic acids is 1. The van der Waals surface area contributed by atoms with Crippen molar-refractivity contribution in [3.05, 3.63) is 0 Å². The Balaban J connectivity index is 0. The highest BCUT2D eigenvalue weighted by Gasteiger charge is 2.31. The number of esters is 1. The molecule has 0 aliphatic rings. The van der Waals surface area contributed by atoms with Gasteiger partial charge in [-0.3, -0.25) is 9.59 Å². The molecule has 0 radical (unpaired) electrons. The summed E-state index contributed by atoms with van der Waals surface area (Å²) >= 11 is 0. The van der Waals surface area contributed by atoms with Crippen LogP contribution in [0.3, 0.4) is 0 Å². The average molecular weight is 276 g/mol. The number of rotatable bonds is 6. The highest BCUT2D eigenvalue weighted by atomic mass is 16.5. The standard InChI is InChI=1S/C8H16O3.C6H12O2/c1-4-8(3,6-9)7(10)11-5-2;1-4-6(2,3)5(7)8/h9H,4-6H2,1-3H3;4H2,1-3H3,(H,7,8). The summed E-state index contributed by atoms with van der Waals surface area (Å²) in [7, 11) is 0. The molecule has 5 heteroatoms. The molecule has 0 aliphatic carbocycles.